The number of aromatic nitrogens is 2. The van der Waals surface area contributed by atoms with Gasteiger partial charge in [-0.1, -0.05) is 12.1 Å². The quantitative estimate of drug-likeness (QED) is 0.767. The normalized spacial score (nSPS) is 23.1. The van der Waals surface area contributed by atoms with Crippen molar-refractivity contribution in [1.29, 1.82) is 0 Å². The van der Waals surface area contributed by atoms with Crippen LogP contribution < -0.4 is 10.2 Å². The van der Waals surface area contributed by atoms with Crippen LogP contribution in [0, 0.1) is 6.92 Å². The number of carbonyl (C=O) groups excluding carboxylic acids is 2. The van der Waals surface area contributed by atoms with Crippen LogP contribution in [0.2, 0.25) is 0 Å². The number of nitrogens with one attached hydrogen (secondary N) is 1. The summed E-state index contributed by atoms with van der Waals surface area (Å²) >= 11 is 0. The third-order valence-corrected chi connectivity index (χ3v) is 6.90. The number of anilines is 2. The van der Waals surface area contributed by atoms with Gasteiger partial charge in [0.15, 0.2) is 0 Å². The molecule has 2 atom stereocenters. The van der Waals surface area contributed by atoms with Crippen LogP contribution >= 0.6 is 0 Å². The van der Waals surface area contributed by atoms with Crippen molar-refractivity contribution in [3.63, 3.8) is 0 Å². The second-order valence-electron chi connectivity index (χ2n) is 9.36. The number of nitrogens with zero attached hydrogens (tertiary/aromatic N) is 5. The van der Waals surface area contributed by atoms with Crippen molar-refractivity contribution in [2.24, 2.45) is 0 Å². The van der Waals surface area contributed by atoms with Crippen LogP contribution in [0.15, 0.2) is 30.6 Å². The molecular weight excluding hydrogens is 420 g/mol. The number of fused-ring (bicyclic) bond motifs is 2. The molecule has 2 aromatic rings. The van der Waals surface area contributed by atoms with E-state index in [0.29, 0.717) is 30.9 Å². The maximum atomic E-state index is 12.8. The van der Waals surface area contributed by atoms with Crippen LogP contribution in [-0.2, 0) is 16.1 Å². The molecule has 2 unspecified atom stereocenters. The average molecular weight is 453 g/mol. The van der Waals surface area contributed by atoms with E-state index in [1.807, 2.05) is 4.90 Å². The zero-order chi connectivity index (χ0) is 22.9. The van der Waals surface area contributed by atoms with Gasteiger partial charge < -0.3 is 19.9 Å². The molecule has 0 aliphatic carbocycles. The van der Waals surface area contributed by atoms with Gasteiger partial charge in [0.1, 0.15) is 0 Å². The Kier molecular flexibility index (Phi) is 6.07. The molecule has 0 radical (unpaired) electrons. The first kappa shape index (κ1) is 21.9. The zero-order valence-electron chi connectivity index (χ0n) is 19.4. The molecule has 1 N–H and O–H groups in total. The monoisotopic (exact) mass is 452 g/mol. The molecule has 9 heteroatoms. The zero-order valence-corrected chi connectivity index (χ0v) is 19.4. The molecule has 2 amide bonds. The first-order valence-corrected chi connectivity index (χ1v) is 11.8. The number of benzene rings is 1. The number of ether oxygens (including phenoxy) is 1. The van der Waals surface area contributed by atoms with Crippen LogP contribution in [-0.4, -0.2) is 83.0 Å². The fraction of sp³-hybridized carbons (Fsp3) is 0.542. The molecule has 0 saturated carbocycles. The van der Waals surface area contributed by atoms with Gasteiger partial charge in [-0.2, -0.15) is 9.78 Å². The molecule has 3 aliphatic heterocycles. The van der Waals surface area contributed by atoms with Gasteiger partial charge in [0.2, 0.25) is 5.91 Å². The topological polar surface area (TPSA) is 82.9 Å². The van der Waals surface area contributed by atoms with Crippen LogP contribution in [0.3, 0.4) is 0 Å². The number of morpholine rings is 1. The Morgan fingerprint density at radius 2 is 1.85 bits per heavy atom. The van der Waals surface area contributed by atoms with Crippen molar-refractivity contribution in [2.75, 3.05) is 49.6 Å². The van der Waals surface area contributed by atoms with Crippen LogP contribution in [0.1, 0.15) is 30.9 Å². The summed E-state index contributed by atoms with van der Waals surface area (Å²) in [6, 6.07) is 7.60. The maximum absolute atomic E-state index is 12.8. The molecule has 33 heavy (non-hydrogen) atoms. The second kappa shape index (κ2) is 9.15. The second-order valence-corrected chi connectivity index (χ2v) is 9.36. The Morgan fingerprint density at radius 3 is 2.55 bits per heavy atom. The van der Waals surface area contributed by atoms with Crippen molar-refractivity contribution in [3.8, 4) is 0 Å². The Labute approximate surface area is 194 Å². The number of hydrogen-bond donors (Lipinski definition) is 1. The molecule has 3 aliphatic rings. The number of aryl methyl sites for hydroxylation is 1. The van der Waals surface area contributed by atoms with E-state index in [1.165, 1.54) is 47.5 Å². The molecule has 176 valence electrons. The van der Waals surface area contributed by atoms with Crippen molar-refractivity contribution in [3.05, 3.63) is 41.7 Å². The Hall–Kier alpha value is -2.91. The molecule has 1 aromatic carbocycles. The molecule has 9 nitrogen and oxygen atoms in total. The minimum atomic E-state index is -0.184. The average Bonchev–Trinajstić information content (AvgIpc) is 3.35. The van der Waals surface area contributed by atoms with Gasteiger partial charge in [-0.25, -0.2) is 4.79 Å². The van der Waals surface area contributed by atoms with Crippen molar-refractivity contribution >= 4 is 23.3 Å². The van der Waals surface area contributed by atoms with E-state index in [2.05, 4.69) is 45.3 Å². The first-order valence-electron chi connectivity index (χ1n) is 11.8. The molecule has 4 heterocycles. The number of hydrogen-bond acceptors (Lipinski definition) is 6. The van der Waals surface area contributed by atoms with E-state index in [4.69, 9.17) is 4.74 Å². The fourth-order valence-electron chi connectivity index (χ4n) is 5.25. The number of piperazine rings is 1. The highest BCUT2D eigenvalue weighted by atomic mass is 16.5. The molecule has 2 bridgehead atoms. The van der Waals surface area contributed by atoms with Gasteiger partial charge >= 0.3 is 6.03 Å². The molecule has 0 spiro atoms. The van der Waals surface area contributed by atoms with Crippen molar-refractivity contribution in [1.82, 2.24) is 19.6 Å². The summed E-state index contributed by atoms with van der Waals surface area (Å²) in [5.74, 6) is -0.184. The lowest BCUT2D eigenvalue weighted by Gasteiger charge is -2.39. The summed E-state index contributed by atoms with van der Waals surface area (Å²) in [7, 11) is 0. The van der Waals surface area contributed by atoms with Crippen LogP contribution in [0.5, 0.6) is 0 Å². The van der Waals surface area contributed by atoms with E-state index in [1.54, 1.807) is 6.20 Å². The lowest BCUT2D eigenvalue weighted by Crippen LogP contribution is -2.50. The van der Waals surface area contributed by atoms with Gasteiger partial charge in [0.05, 0.1) is 43.4 Å². The SMILES string of the molecule is CC(=O)Nc1cnn(C(=O)N2CCN(Cc3ccc(C)cc3N3C4CCC3COC4)CC2)c1. The highest BCUT2D eigenvalue weighted by Gasteiger charge is 2.38. The standard InChI is InChI=1S/C24H32N6O3/c1-17-3-4-19(23(11-17)30-21-5-6-22(30)16-33-15-21)13-27-7-9-28(10-8-27)24(32)29-14-20(12-25-29)26-18(2)31/h3-4,11-12,14,21-22H,5-10,13,15-16H2,1-2H3,(H,26,31). The molecule has 5 rings (SSSR count). The Morgan fingerprint density at radius 1 is 1.12 bits per heavy atom. The van der Waals surface area contributed by atoms with E-state index < -0.39 is 0 Å². The third-order valence-electron chi connectivity index (χ3n) is 6.90. The lowest BCUT2D eigenvalue weighted by atomic mass is 10.1. The summed E-state index contributed by atoms with van der Waals surface area (Å²) in [6.07, 6.45) is 5.46. The van der Waals surface area contributed by atoms with Crippen LogP contribution in [0.25, 0.3) is 0 Å². The predicted octanol–water partition coefficient (Wildman–Crippen LogP) is 2.30. The van der Waals surface area contributed by atoms with E-state index in [9.17, 15) is 9.59 Å². The van der Waals surface area contributed by atoms with Gasteiger partial charge in [-0.3, -0.25) is 9.69 Å². The predicted molar refractivity (Wildman–Crippen MR) is 125 cm³/mol. The van der Waals surface area contributed by atoms with Gasteiger partial charge in [0, 0.05) is 45.3 Å². The highest BCUT2D eigenvalue weighted by molar-refractivity contribution is 5.89. The third kappa shape index (κ3) is 4.60. The molecular formula is C24H32N6O3. The Bertz CT molecular complexity index is 1010. The summed E-state index contributed by atoms with van der Waals surface area (Å²) in [5.41, 5.74) is 4.52. The van der Waals surface area contributed by atoms with Crippen molar-refractivity contribution in [2.45, 2.75) is 45.3 Å². The number of amides is 2. The summed E-state index contributed by atoms with van der Waals surface area (Å²) in [5, 5.41) is 6.76. The lowest BCUT2D eigenvalue weighted by molar-refractivity contribution is -0.114. The molecule has 3 fully saturated rings. The Balaban J connectivity index is 1.22. The molecule has 3 saturated heterocycles. The summed E-state index contributed by atoms with van der Waals surface area (Å²) in [6.45, 7) is 9.04. The number of carbonyl (C=O) groups is 2. The van der Waals surface area contributed by atoms with Gasteiger partial charge in [-0.15, -0.1) is 0 Å². The van der Waals surface area contributed by atoms with Crippen LogP contribution in [0.4, 0.5) is 16.2 Å². The largest absolute Gasteiger partial charge is 0.377 e. The summed E-state index contributed by atoms with van der Waals surface area (Å²) in [4.78, 5) is 30.9. The first-order chi connectivity index (χ1) is 16.0. The molecule has 1 aromatic heterocycles. The van der Waals surface area contributed by atoms with E-state index >= 15 is 0 Å². The van der Waals surface area contributed by atoms with Gasteiger partial charge in [0.25, 0.3) is 0 Å². The highest BCUT2D eigenvalue weighted by Crippen LogP contribution is 2.37. The number of rotatable bonds is 4. The van der Waals surface area contributed by atoms with Crippen molar-refractivity contribution < 1.29 is 14.3 Å². The van der Waals surface area contributed by atoms with E-state index in [-0.39, 0.29) is 11.9 Å². The summed E-state index contributed by atoms with van der Waals surface area (Å²) < 4.78 is 7.10. The minimum Gasteiger partial charge on any atom is -0.377 e. The van der Waals surface area contributed by atoms with Gasteiger partial charge in [-0.05, 0) is 37.0 Å². The van der Waals surface area contributed by atoms with E-state index in [0.717, 1.165) is 32.8 Å². The minimum absolute atomic E-state index is 0.160. The fourth-order valence-corrected chi connectivity index (χ4v) is 5.25. The smallest absolute Gasteiger partial charge is 0.344 e. The maximum Gasteiger partial charge on any atom is 0.344 e.